The summed E-state index contributed by atoms with van der Waals surface area (Å²) in [6.45, 7) is 3.72. The van der Waals surface area contributed by atoms with Crippen LogP contribution in [0.3, 0.4) is 0 Å². The number of hydrogen-bond donors (Lipinski definition) is 2. The first kappa shape index (κ1) is 11.6. The second-order valence-electron chi connectivity index (χ2n) is 4.58. The van der Waals surface area contributed by atoms with E-state index in [-0.39, 0.29) is 5.54 Å². The molecule has 16 heavy (non-hydrogen) atoms. The van der Waals surface area contributed by atoms with E-state index in [0.29, 0.717) is 17.3 Å². The highest BCUT2D eigenvalue weighted by Gasteiger charge is 2.27. The van der Waals surface area contributed by atoms with Gasteiger partial charge in [0.25, 0.3) is 0 Å². The third-order valence-corrected chi connectivity index (χ3v) is 3.18. The second-order valence-corrected chi connectivity index (χ2v) is 4.99. The van der Waals surface area contributed by atoms with Gasteiger partial charge in [0, 0.05) is 12.3 Å². The normalized spacial score (nSPS) is 25.4. The molecule has 0 saturated carbocycles. The summed E-state index contributed by atoms with van der Waals surface area (Å²) in [5.41, 5.74) is 7.23. The summed E-state index contributed by atoms with van der Waals surface area (Å²) in [6.07, 6.45) is 2.17. The third kappa shape index (κ3) is 2.60. The number of hydrogen-bond acceptors (Lipinski definition) is 3. The molecule has 1 aromatic carbocycles. The average Bonchev–Trinajstić information content (AvgIpc) is 2.23. The smallest absolute Gasteiger partial charge is 0.0693 e. The van der Waals surface area contributed by atoms with Crippen LogP contribution in [0.25, 0.3) is 0 Å². The van der Waals surface area contributed by atoms with Crippen LogP contribution in [0.4, 0.5) is 11.4 Å². The average molecular weight is 241 g/mol. The maximum Gasteiger partial charge on any atom is 0.0693 e. The molecule has 1 aliphatic rings. The molecule has 0 amide bonds. The van der Waals surface area contributed by atoms with Crippen molar-refractivity contribution in [1.29, 1.82) is 0 Å². The summed E-state index contributed by atoms with van der Waals surface area (Å²) in [7, 11) is 0. The first-order chi connectivity index (χ1) is 7.59. The molecule has 3 N–H and O–H groups in total. The number of benzene rings is 1. The predicted molar refractivity (Wildman–Crippen MR) is 67.9 cm³/mol. The van der Waals surface area contributed by atoms with Crippen LogP contribution in [-0.2, 0) is 4.74 Å². The molecule has 3 nitrogen and oxygen atoms in total. The van der Waals surface area contributed by atoms with Gasteiger partial charge in [0.15, 0.2) is 0 Å². The summed E-state index contributed by atoms with van der Waals surface area (Å²) in [5.74, 6) is 0. The highest BCUT2D eigenvalue weighted by Crippen LogP contribution is 2.30. The lowest BCUT2D eigenvalue weighted by Crippen LogP contribution is -2.43. The number of anilines is 2. The summed E-state index contributed by atoms with van der Waals surface area (Å²) < 4.78 is 5.49. The van der Waals surface area contributed by atoms with E-state index in [4.69, 9.17) is 22.1 Å². The Labute approximate surface area is 101 Å². The van der Waals surface area contributed by atoms with E-state index >= 15 is 0 Å². The molecular weight excluding hydrogens is 224 g/mol. The highest BCUT2D eigenvalue weighted by molar-refractivity contribution is 6.33. The van der Waals surface area contributed by atoms with Crippen LogP contribution in [0.15, 0.2) is 18.2 Å². The van der Waals surface area contributed by atoms with E-state index in [1.165, 1.54) is 0 Å². The molecule has 0 radical (unpaired) electrons. The lowest BCUT2D eigenvalue weighted by atomic mass is 9.94. The zero-order valence-corrected chi connectivity index (χ0v) is 10.2. The van der Waals surface area contributed by atoms with Gasteiger partial charge < -0.3 is 15.8 Å². The van der Waals surface area contributed by atoms with Crippen LogP contribution in [0.2, 0.25) is 5.02 Å². The van der Waals surface area contributed by atoms with E-state index in [9.17, 15) is 0 Å². The van der Waals surface area contributed by atoms with E-state index in [1.54, 1.807) is 6.07 Å². The van der Waals surface area contributed by atoms with Gasteiger partial charge in [-0.2, -0.15) is 0 Å². The summed E-state index contributed by atoms with van der Waals surface area (Å²) >= 11 is 6.13. The zero-order chi connectivity index (χ0) is 11.6. The van der Waals surface area contributed by atoms with Crippen molar-refractivity contribution in [2.75, 3.05) is 24.3 Å². The van der Waals surface area contributed by atoms with Gasteiger partial charge in [-0.25, -0.2) is 0 Å². The summed E-state index contributed by atoms with van der Waals surface area (Å²) in [6, 6.07) is 5.52. The van der Waals surface area contributed by atoms with Crippen molar-refractivity contribution in [1.82, 2.24) is 0 Å². The summed E-state index contributed by atoms with van der Waals surface area (Å²) in [4.78, 5) is 0. The second kappa shape index (κ2) is 4.52. The van der Waals surface area contributed by atoms with Crippen LogP contribution < -0.4 is 11.1 Å². The first-order valence-corrected chi connectivity index (χ1v) is 5.88. The van der Waals surface area contributed by atoms with Gasteiger partial charge in [-0.3, -0.25) is 0 Å². The van der Waals surface area contributed by atoms with Gasteiger partial charge in [-0.05, 0) is 38.0 Å². The number of ether oxygens (including phenoxy) is 1. The molecule has 1 aliphatic heterocycles. The topological polar surface area (TPSA) is 47.3 Å². The van der Waals surface area contributed by atoms with E-state index in [0.717, 1.165) is 25.1 Å². The molecule has 1 atom stereocenters. The van der Waals surface area contributed by atoms with Crippen molar-refractivity contribution in [2.45, 2.75) is 25.3 Å². The molecule has 88 valence electrons. The molecule has 1 unspecified atom stereocenters. The Balaban J connectivity index is 2.13. The Kier molecular flexibility index (Phi) is 3.26. The summed E-state index contributed by atoms with van der Waals surface area (Å²) in [5, 5.41) is 4.10. The minimum absolute atomic E-state index is 0.0298. The standard InChI is InChI=1S/C12H17ClN2O/c1-12(5-2-6-16-8-12)15-11-4-3-9(14)7-10(11)13/h3-4,7,15H,2,5-6,8,14H2,1H3. The van der Waals surface area contributed by atoms with Gasteiger partial charge >= 0.3 is 0 Å². The molecule has 2 rings (SSSR count). The minimum Gasteiger partial charge on any atom is -0.399 e. The van der Waals surface area contributed by atoms with E-state index in [1.807, 2.05) is 12.1 Å². The molecule has 0 bridgehead atoms. The molecule has 1 fully saturated rings. The Morgan fingerprint density at radius 3 is 2.94 bits per heavy atom. The molecule has 0 aromatic heterocycles. The fourth-order valence-electron chi connectivity index (χ4n) is 1.99. The number of halogens is 1. The van der Waals surface area contributed by atoms with Crippen molar-refractivity contribution >= 4 is 23.0 Å². The monoisotopic (exact) mass is 240 g/mol. The minimum atomic E-state index is -0.0298. The van der Waals surface area contributed by atoms with Crippen molar-refractivity contribution in [3.05, 3.63) is 23.2 Å². The number of nitrogens with two attached hydrogens (primary N) is 1. The first-order valence-electron chi connectivity index (χ1n) is 5.50. The molecular formula is C12H17ClN2O. The molecule has 1 aromatic rings. The molecule has 0 spiro atoms. The molecule has 1 heterocycles. The lowest BCUT2D eigenvalue weighted by molar-refractivity contribution is 0.0540. The highest BCUT2D eigenvalue weighted by atomic mass is 35.5. The maximum atomic E-state index is 6.13. The Morgan fingerprint density at radius 1 is 1.50 bits per heavy atom. The fraction of sp³-hybridized carbons (Fsp3) is 0.500. The van der Waals surface area contributed by atoms with Crippen LogP contribution in [0.1, 0.15) is 19.8 Å². The molecule has 0 aliphatic carbocycles. The van der Waals surface area contributed by atoms with Gasteiger partial charge in [0.05, 0.1) is 22.9 Å². The Morgan fingerprint density at radius 2 is 2.31 bits per heavy atom. The van der Waals surface area contributed by atoms with Crippen LogP contribution in [-0.4, -0.2) is 18.8 Å². The Bertz CT molecular complexity index is 375. The van der Waals surface area contributed by atoms with Crippen LogP contribution in [0, 0.1) is 0 Å². The predicted octanol–water partition coefficient (Wildman–Crippen LogP) is 2.90. The maximum absolute atomic E-state index is 6.13. The van der Waals surface area contributed by atoms with Gasteiger partial charge in [-0.15, -0.1) is 0 Å². The van der Waals surface area contributed by atoms with Crippen LogP contribution >= 0.6 is 11.6 Å². The van der Waals surface area contributed by atoms with Gasteiger partial charge in [0.2, 0.25) is 0 Å². The lowest BCUT2D eigenvalue weighted by Gasteiger charge is -2.35. The quantitative estimate of drug-likeness (QED) is 0.782. The molecule has 1 saturated heterocycles. The molecule has 4 heteroatoms. The van der Waals surface area contributed by atoms with E-state index in [2.05, 4.69) is 12.2 Å². The zero-order valence-electron chi connectivity index (χ0n) is 9.42. The van der Waals surface area contributed by atoms with Crippen molar-refractivity contribution in [3.63, 3.8) is 0 Å². The van der Waals surface area contributed by atoms with E-state index < -0.39 is 0 Å². The number of nitrogens with one attached hydrogen (secondary N) is 1. The number of nitrogen functional groups attached to an aromatic ring is 1. The van der Waals surface area contributed by atoms with Crippen molar-refractivity contribution in [3.8, 4) is 0 Å². The van der Waals surface area contributed by atoms with Gasteiger partial charge in [0.1, 0.15) is 0 Å². The van der Waals surface area contributed by atoms with Crippen LogP contribution in [0.5, 0.6) is 0 Å². The fourth-order valence-corrected chi connectivity index (χ4v) is 2.23. The Hall–Kier alpha value is -0.930. The van der Waals surface area contributed by atoms with Gasteiger partial charge in [-0.1, -0.05) is 11.6 Å². The van der Waals surface area contributed by atoms with Crippen molar-refractivity contribution < 1.29 is 4.74 Å². The SMILES string of the molecule is CC1(Nc2ccc(N)cc2Cl)CCCOC1. The number of rotatable bonds is 2. The third-order valence-electron chi connectivity index (χ3n) is 2.87. The largest absolute Gasteiger partial charge is 0.399 e. The van der Waals surface area contributed by atoms with Crippen molar-refractivity contribution in [2.24, 2.45) is 0 Å².